The van der Waals surface area contributed by atoms with Gasteiger partial charge in [-0.25, -0.2) is 0 Å². The van der Waals surface area contributed by atoms with Crippen molar-refractivity contribution in [3.8, 4) is 0 Å². The first-order valence-electron chi connectivity index (χ1n) is 7.07. The summed E-state index contributed by atoms with van der Waals surface area (Å²) in [6, 6.07) is 19.9. The second kappa shape index (κ2) is 8.85. The van der Waals surface area contributed by atoms with Crippen molar-refractivity contribution in [2.24, 2.45) is 5.73 Å². The normalized spacial score (nSPS) is 12.8. The molecule has 3 rings (SSSR count). The summed E-state index contributed by atoms with van der Waals surface area (Å²) in [5.41, 5.74) is 7.59. The van der Waals surface area contributed by atoms with Crippen LogP contribution >= 0.6 is 24.8 Å². The molecule has 5 heteroatoms. The highest BCUT2D eigenvalue weighted by molar-refractivity contribution is 5.85. The van der Waals surface area contributed by atoms with Crippen LogP contribution in [0.2, 0.25) is 0 Å². The van der Waals surface area contributed by atoms with Gasteiger partial charge in [-0.3, -0.25) is 4.98 Å². The molecule has 0 saturated carbocycles. The average molecular weight is 351 g/mol. The summed E-state index contributed by atoms with van der Waals surface area (Å²) in [4.78, 5) is 4.23. The lowest BCUT2D eigenvalue weighted by Gasteiger charge is -2.22. The van der Waals surface area contributed by atoms with E-state index >= 15 is 0 Å². The van der Waals surface area contributed by atoms with Crippen molar-refractivity contribution in [2.75, 3.05) is 6.54 Å². The highest BCUT2D eigenvalue weighted by Gasteiger charge is 2.22. The van der Waals surface area contributed by atoms with Crippen molar-refractivity contribution in [3.05, 3.63) is 78.1 Å². The van der Waals surface area contributed by atoms with E-state index in [0.29, 0.717) is 12.2 Å². The maximum atomic E-state index is 10.6. The summed E-state index contributed by atoms with van der Waals surface area (Å²) in [6.07, 6.45) is 0.990. The molecule has 2 atom stereocenters. The molecule has 0 aliphatic carbocycles. The molecule has 0 fully saturated rings. The molecule has 3 aromatic rings. The first kappa shape index (κ1) is 19.4. The van der Waals surface area contributed by atoms with Crippen LogP contribution in [0.4, 0.5) is 0 Å². The third-order valence-corrected chi connectivity index (χ3v) is 3.83. The van der Waals surface area contributed by atoms with Crippen molar-refractivity contribution in [1.82, 2.24) is 4.98 Å². The number of nitrogens with two attached hydrogens (primary N) is 1. The van der Waals surface area contributed by atoms with Gasteiger partial charge < -0.3 is 10.8 Å². The lowest BCUT2D eigenvalue weighted by atomic mass is 9.90. The minimum absolute atomic E-state index is 0. The van der Waals surface area contributed by atoms with Gasteiger partial charge in [-0.1, -0.05) is 48.5 Å². The highest BCUT2D eigenvalue weighted by atomic mass is 35.5. The SMILES string of the molecule is Cl.Cl.NCC(c1ccc2ccccc2c1)C(O)c1ccccn1. The molecule has 3 N–H and O–H groups in total. The molecule has 0 amide bonds. The van der Waals surface area contributed by atoms with Crippen LogP contribution in [-0.2, 0) is 0 Å². The third kappa shape index (κ3) is 4.21. The predicted octanol–water partition coefficient (Wildman–Crippen LogP) is 3.85. The first-order chi connectivity index (χ1) is 10.3. The van der Waals surface area contributed by atoms with Gasteiger partial charge in [-0.15, -0.1) is 24.8 Å². The Kier molecular flexibility index (Phi) is 7.46. The molecule has 1 heterocycles. The van der Waals surface area contributed by atoms with Crippen molar-refractivity contribution < 1.29 is 5.11 Å². The van der Waals surface area contributed by atoms with Crippen LogP contribution in [0.1, 0.15) is 23.3 Å². The Bertz CT molecular complexity index is 737. The Balaban J connectivity index is 0.00000132. The summed E-state index contributed by atoms with van der Waals surface area (Å²) in [5, 5.41) is 12.9. The van der Waals surface area contributed by atoms with Crippen molar-refractivity contribution in [2.45, 2.75) is 12.0 Å². The molecule has 122 valence electrons. The predicted molar refractivity (Wildman–Crippen MR) is 99.4 cm³/mol. The van der Waals surface area contributed by atoms with E-state index in [1.54, 1.807) is 6.20 Å². The molecule has 23 heavy (non-hydrogen) atoms. The lowest BCUT2D eigenvalue weighted by Crippen LogP contribution is -2.20. The number of aromatic nitrogens is 1. The van der Waals surface area contributed by atoms with Crippen LogP contribution in [0.25, 0.3) is 10.8 Å². The molecule has 2 unspecified atom stereocenters. The molecule has 0 spiro atoms. The van der Waals surface area contributed by atoms with Crippen molar-refractivity contribution in [3.63, 3.8) is 0 Å². The van der Waals surface area contributed by atoms with Gasteiger partial charge in [0.2, 0.25) is 0 Å². The summed E-state index contributed by atoms with van der Waals surface area (Å²) in [6.45, 7) is 0.371. The number of hydrogen-bond donors (Lipinski definition) is 2. The van der Waals surface area contributed by atoms with Gasteiger partial charge in [0, 0.05) is 18.7 Å². The Morgan fingerprint density at radius 3 is 2.26 bits per heavy atom. The zero-order valence-corrected chi connectivity index (χ0v) is 14.1. The highest BCUT2D eigenvalue weighted by Crippen LogP contribution is 2.30. The number of pyridine rings is 1. The molecule has 1 aromatic heterocycles. The number of aliphatic hydroxyl groups excluding tert-OH is 1. The van der Waals surface area contributed by atoms with Crippen LogP contribution in [0.15, 0.2) is 66.9 Å². The molecular weight excluding hydrogens is 331 g/mol. The summed E-state index contributed by atoms with van der Waals surface area (Å²) < 4.78 is 0. The van der Waals surface area contributed by atoms with E-state index in [4.69, 9.17) is 5.73 Å². The van der Waals surface area contributed by atoms with Crippen LogP contribution in [0.5, 0.6) is 0 Å². The largest absolute Gasteiger partial charge is 0.386 e. The number of halogens is 2. The van der Waals surface area contributed by atoms with E-state index in [2.05, 4.69) is 29.2 Å². The van der Waals surface area contributed by atoms with E-state index in [9.17, 15) is 5.11 Å². The van der Waals surface area contributed by atoms with E-state index in [1.165, 1.54) is 5.39 Å². The van der Waals surface area contributed by atoms with E-state index in [1.807, 2.05) is 36.4 Å². The minimum atomic E-state index is -0.697. The second-order valence-electron chi connectivity index (χ2n) is 5.15. The topological polar surface area (TPSA) is 59.1 Å². The number of fused-ring (bicyclic) bond motifs is 1. The molecule has 0 aliphatic heterocycles. The standard InChI is InChI=1S/C18H18N2O.2ClH/c19-12-16(18(21)17-7-3-4-10-20-17)15-9-8-13-5-1-2-6-14(13)11-15;;/h1-11,16,18,21H,12,19H2;2*1H. The molecule has 0 saturated heterocycles. The molecular formula is C18H20Cl2N2O. The smallest absolute Gasteiger partial charge is 0.104 e. The van der Waals surface area contributed by atoms with Crippen LogP contribution in [0.3, 0.4) is 0 Å². The number of aliphatic hydroxyl groups is 1. The Labute approximate surface area is 148 Å². The maximum absolute atomic E-state index is 10.6. The third-order valence-electron chi connectivity index (χ3n) is 3.83. The van der Waals surface area contributed by atoms with Gasteiger partial charge in [0.05, 0.1) is 5.69 Å². The van der Waals surface area contributed by atoms with Gasteiger partial charge in [-0.05, 0) is 28.5 Å². The van der Waals surface area contributed by atoms with Crippen molar-refractivity contribution in [1.29, 1.82) is 0 Å². The number of hydrogen-bond acceptors (Lipinski definition) is 3. The zero-order valence-electron chi connectivity index (χ0n) is 12.5. The fourth-order valence-electron chi connectivity index (χ4n) is 2.64. The lowest BCUT2D eigenvalue weighted by molar-refractivity contribution is 0.143. The van der Waals surface area contributed by atoms with E-state index in [0.717, 1.165) is 10.9 Å². The molecule has 3 nitrogen and oxygen atoms in total. The number of nitrogens with zero attached hydrogens (tertiary/aromatic N) is 1. The fourth-order valence-corrected chi connectivity index (χ4v) is 2.64. The fraction of sp³-hybridized carbons (Fsp3) is 0.167. The van der Waals surface area contributed by atoms with E-state index in [-0.39, 0.29) is 30.7 Å². The Morgan fingerprint density at radius 1 is 0.913 bits per heavy atom. The first-order valence-corrected chi connectivity index (χ1v) is 7.07. The van der Waals surface area contributed by atoms with Crippen LogP contribution in [0, 0.1) is 0 Å². The average Bonchev–Trinajstić information content (AvgIpc) is 2.56. The summed E-state index contributed by atoms with van der Waals surface area (Å²) in [5.74, 6) is -0.162. The Morgan fingerprint density at radius 2 is 1.61 bits per heavy atom. The molecule has 2 aromatic carbocycles. The summed E-state index contributed by atoms with van der Waals surface area (Å²) in [7, 11) is 0. The van der Waals surface area contributed by atoms with Crippen LogP contribution in [-0.4, -0.2) is 16.6 Å². The van der Waals surface area contributed by atoms with Gasteiger partial charge in [0.1, 0.15) is 6.10 Å². The van der Waals surface area contributed by atoms with Crippen molar-refractivity contribution >= 4 is 35.6 Å². The van der Waals surface area contributed by atoms with Crippen LogP contribution < -0.4 is 5.73 Å². The summed E-state index contributed by atoms with van der Waals surface area (Å²) >= 11 is 0. The van der Waals surface area contributed by atoms with Gasteiger partial charge in [0.15, 0.2) is 0 Å². The van der Waals surface area contributed by atoms with Gasteiger partial charge >= 0.3 is 0 Å². The monoisotopic (exact) mass is 350 g/mol. The molecule has 0 aliphatic rings. The quantitative estimate of drug-likeness (QED) is 0.751. The van der Waals surface area contributed by atoms with E-state index < -0.39 is 6.10 Å². The maximum Gasteiger partial charge on any atom is 0.104 e. The van der Waals surface area contributed by atoms with Gasteiger partial charge in [0.25, 0.3) is 0 Å². The number of benzene rings is 2. The zero-order chi connectivity index (χ0) is 14.7. The van der Waals surface area contributed by atoms with Gasteiger partial charge in [-0.2, -0.15) is 0 Å². The molecule has 0 bridgehead atoms. The Hall–Kier alpha value is -1.65. The second-order valence-corrected chi connectivity index (χ2v) is 5.15. The number of rotatable bonds is 4. The minimum Gasteiger partial charge on any atom is -0.386 e. The molecule has 0 radical (unpaired) electrons.